The second-order valence-electron chi connectivity index (χ2n) is 6.32. The molecule has 0 aliphatic heterocycles. The summed E-state index contributed by atoms with van der Waals surface area (Å²) in [5.41, 5.74) is 3.07. The van der Waals surface area contributed by atoms with Gasteiger partial charge in [-0.3, -0.25) is 25.7 Å². The summed E-state index contributed by atoms with van der Waals surface area (Å²) in [5, 5.41) is 26.2. The van der Waals surface area contributed by atoms with Crippen molar-refractivity contribution in [2.45, 2.75) is 33.1 Å². The zero-order valence-electron chi connectivity index (χ0n) is 15.3. The van der Waals surface area contributed by atoms with E-state index in [-0.39, 0.29) is 22.5 Å². The molecule has 0 aliphatic carbocycles. The SMILES string of the molecule is CCC(/C=N/Nc1ccc([N+](=O)[O-])cc1[N+](=O)[O-])(CC)Cc1ccccc1. The van der Waals surface area contributed by atoms with Crippen molar-refractivity contribution in [3.63, 3.8) is 0 Å². The Kier molecular flexibility index (Phi) is 6.59. The fourth-order valence-corrected chi connectivity index (χ4v) is 2.85. The van der Waals surface area contributed by atoms with Crippen molar-refractivity contribution in [2.24, 2.45) is 10.5 Å². The normalized spacial score (nSPS) is 11.5. The molecular formula is C19H22N4O4. The number of hydrogen-bond donors (Lipinski definition) is 1. The minimum atomic E-state index is -0.668. The molecular weight excluding hydrogens is 348 g/mol. The van der Waals surface area contributed by atoms with E-state index < -0.39 is 9.85 Å². The summed E-state index contributed by atoms with van der Waals surface area (Å²) in [4.78, 5) is 20.7. The molecule has 0 amide bonds. The lowest BCUT2D eigenvalue weighted by molar-refractivity contribution is -0.393. The quantitative estimate of drug-likeness (QED) is 0.381. The van der Waals surface area contributed by atoms with Gasteiger partial charge in [0.25, 0.3) is 5.69 Å². The molecule has 0 atom stereocenters. The summed E-state index contributed by atoms with van der Waals surface area (Å²) in [7, 11) is 0. The maximum atomic E-state index is 11.2. The third-order valence-electron chi connectivity index (χ3n) is 4.72. The van der Waals surface area contributed by atoms with Gasteiger partial charge in [-0.05, 0) is 30.9 Å². The van der Waals surface area contributed by atoms with Gasteiger partial charge >= 0.3 is 5.69 Å². The van der Waals surface area contributed by atoms with Gasteiger partial charge in [0, 0.05) is 17.7 Å². The molecule has 0 spiro atoms. The summed E-state index contributed by atoms with van der Waals surface area (Å²) < 4.78 is 0. The summed E-state index contributed by atoms with van der Waals surface area (Å²) >= 11 is 0. The molecule has 142 valence electrons. The van der Waals surface area contributed by atoms with Crippen LogP contribution in [0, 0.1) is 25.6 Å². The number of hydrogen-bond acceptors (Lipinski definition) is 6. The van der Waals surface area contributed by atoms with Crippen LogP contribution >= 0.6 is 0 Å². The molecule has 0 saturated carbocycles. The van der Waals surface area contributed by atoms with Crippen LogP contribution in [0.1, 0.15) is 32.3 Å². The van der Waals surface area contributed by atoms with E-state index in [1.807, 2.05) is 18.2 Å². The fourth-order valence-electron chi connectivity index (χ4n) is 2.85. The van der Waals surface area contributed by atoms with Crippen molar-refractivity contribution in [3.8, 4) is 0 Å². The van der Waals surface area contributed by atoms with Crippen LogP contribution in [-0.2, 0) is 6.42 Å². The van der Waals surface area contributed by atoms with Crippen LogP contribution in [0.2, 0.25) is 0 Å². The molecule has 0 aromatic heterocycles. The number of hydrazone groups is 1. The Morgan fingerprint density at radius 1 is 1.04 bits per heavy atom. The van der Waals surface area contributed by atoms with Gasteiger partial charge in [0.2, 0.25) is 0 Å². The van der Waals surface area contributed by atoms with Crippen LogP contribution in [0.3, 0.4) is 0 Å². The molecule has 0 heterocycles. The average Bonchev–Trinajstić information content (AvgIpc) is 2.67. The molecule has 0 radical (unpaired) electrons. The molecule has 2 rings (SSSR count). The average molecular weight is 370 g/mol. The first kappa shape index (κ1) is 20.0. The minimum Gasteiger partial charge on any atom is -0.272 e. The Labute approximate surface area is 157 Å². The second-order valence-corrected chi connectivity index (χ2v) is 6.32. The van der Waals surface area contributed by atoms with Gasteiger partial charge in [-0.2, -0.15) is 5.10 Å². The smallest absolute Gasteiger partial charge is 0.272 e. The number of non-ortho nitro benzene ring substituents is 1. The van der Waals surface area contributed by atoms with Crippen LogP contribution in [-0.4, -0.2) is 16.1 Å². The number of nitrogens with zero attached hydrogens (tertiary/aromatic N) is 3. The molecule has 0 bridgehead atoms. The molecule has 2 aromatic rings. The lowest BCUT2D eigenvalue weighted by Crippen LogP contribution is -2.24. The van der Waals surface area contributed by atoms with Gasteiger partial charge in [0.1, 0.15) is 5.69 Å². The van der Waals surface area contributed by atoms with Crippen LogP contribution in [0.25, 0.3) is 0 Å². The first-order valence-corrected chi connectivity index (χ1v) is 8.68. The maximum absolute atomic E-state index is 11.2. The van der Waals surface area contributed by atoms with E-state index in [1.165, 1.54) is 17.7 Å². The van der Waals surface area contributed by atoms with Gasteiger partial charge in [0.05, 0.1) is 15.9 Å². The van der Waals surface area contributed by atoms with E-state index in [1.54, 1.807) is 6.21 Å². The highest BCUT2D eigenvalue weighted by Crippen LogP contribution is 2.31. The topological polar surface area (TPSA) is 111 Å². The van der Waals surface area contributed by atoms with E-state index in [2.05, 4.69) is 36.5 Å². The summed E-state index contributed by atoms with van der Waals surface area (Å²) in [6.45, 7) is 4.15. The van der Waals surface area contributed by atoms with Gasteiger partial charge in [-0.15, -0.1) is 0 Å². The van der Waals surface area contributed by atoms with Crippen LogP contribution in [0.4, 0.5) is 17.1 Å². The molecule has 0 fully saturated rings. The molecule has 0 unspecified atom stereocenters. The first-order valence-electron chi connectivity index (χ1n) is 8.68. The Hall–Kier alpha value is -3.29. The highest BCUT2D eigenvalue weighted by atomic mass is 16.6. The number of benzene rings is 2. The molecule has 8 nitrogen and oxygen atoms in total. The van der Waals surface area contributed by atoms with Crippen molar-refractivity contribution in [1.82, 2.24) is 0 Å². The number of nitrogens with one attached hydrogen (secondary N) is 1. The molecule has 27 heavy (non-hydrogen) atoms. The third-order valence-corrected chi connectivity index (χ3v) is 4.72. The highest BCUT2D eigenvalue weighted by Gasteiger charge is 2.25. The maximum Gasteiger partial charge on any atom is 0.301 e. The van der Waals surface area contributed by atoms with Gasteiger partial charge in [-0.1, -0.05) is 44.2 Å². The molecule has 2 aromatic carbocycles. The Balaban J connectivity index is 2.23. The largest absolute Gasteiger partial charge is 0.301 e. The van der Waals surface area contributed by atoms with Crippen molar-refractivity contribution in [1.29, 1.82) is 0 Å². The van der Waals surface area contributed by atoms with E-state index in [4.69, 9.17) is 0 Å². The summed E-state index contributed by atoms with van der Waals surface area (Å²) in [6.07, 6.45) is 4.29. The van der Waals surface area contributed by atoms with Crippen molar-refractivity contribution in [2.75, 3.05) is 5.43 Å². The van der Waals surface area contributed by atoms with Crippen molar-refractivity contribution in [3.05, 3.63) is 74.3 Å². The lowest BCUT2D eigenvalue weighted by atomic mass is 9.78. The third kappa shape index (κ3) is 5.10. The highest BCUT2D eigenvalue weighted by molar-refractivity contribution is 5.70. The van der Waals surface area contributed by atoms with Crippen LogP contribution in [0.15, 0.2) is 53.6 Å². The Morgan fingerprint density at radius 3 is 2.26 bits per heavy atom. The van der Waals surface area contributed by atoms with Gasteiger partial charge in [0.15, 0.2) is 0 Å². The first-order chi connectivity index (χ1) is 12.9. The van der Waals surface area contributed by atoms with Gasteiger partial charge < -0.3 is 0 Å². The summed E-state index contributed by atoms with van der Waals surface area (Å²) in [6, 6.07) is 13.5. The number of nitro groups is 2. The number of rotatable bonds is 9. The predicted octanol–water partition coefficient (Wildman–Crippen LogP) is 4.95. The van der Waals surface area contributed by atoms with E-state index in [0.29, 0.717) is 0 Å². The molecule has 0 saturated heterocycles. The standard InChI is InChI=1S/C19H22N4O4/c1-3-19(4-2,13-15-8-6-5-7-9-15)14-20-21-17-11-10-16(22(24)25)12-18(17)23(26)27/h5-12,14,21H,3-4,13H2,1-2H3/b20-14+. The summed E-state index contributed by atoms with van der Waals surface area (Å²) in [5.74, 6) is 0. The molecule has 0 aliphatic rings. The Morgan fingerprint density at radius 2 is 1.70 bits per heavy atom. The van der Waals surface area contributed by atoms with Crippen LogP contribution < -0.4 is 5.43 Å². The number of anilines is 1. The van der Waals surface area contributed by atoms with Crippen molar-refractivity contribution >= 4 is 23.3 Å². The monoisotopic (exact) mass is 370 g/mol. The van der Waals surface area contributed by atoms with Crippen molar-refractivity contribution < 1.29 is 9.85 Å². The second kappa shape index (κ2) is 8.88. The lowest BCUT2D eigenvalue weighted by Gasteiger charge is -2.27. The fraction of sp³-hybridized carbons (Fsp3) is 0.316. The Bertz CT molecular complexity index is 833. The number of nitro benzene ring substituents is 2. The van der Waals surface area contributed by atoms with E-state index >= 15 is 0 Å². The van der Waals surface area contributed by atoms with E-state index in [0.717, 1.165) is 25.3 Å². The zero-order valence-corrected chi connectivity index (χ0v) is 15.3. The molecule has 1 N–H and O–H groups in total. The van der Waals surface area contributed by atoms with Crippen LogP contribution in [0.5, 0.6) is 0 Å². The zero-order chi connectivity index (χ0) is 19.9. The van der Waals surface area contributed by atoms with E-state index in [9.17, 15) is 20.2 Å². The van der Waals surface area contributed by atoms with Gasteiger partial charge in [-0.25, -0.2) is 0 Å². The molecule has 8 heteroatoms. The predicted molar refractivity (Wildman–Crippen MR) is 105 cm³/mol. The minimum absolute atomic E-state index is 0.114.